The van der Waals surface area contributed by atoms with Crippen molar-refractivity contribution in [1.29, 1.82) is 0 Å². The lowest BCUT2D eigenvalue weighted by Crippen LogP contribution is -2.59. The van der Waals surface area contributed by atoms with Crippen molar-refractivity contribution < 1.29 is 42.3 Å². The van der Waals surface area contributed by atoms with Gasteiger partial charge in [0.05, 0.1) is 6.61 Å². The fourth-order valence-corrected chi connectivity index (χ4v) is 1.84. The standard InChI is InChI=1S/C6H12O9S/c7-1-2-5(15-16(11,12)13)3(8)4(9)6(10)14-2/h2-10H,1H2,(H,11,12,13)/t2-,3-,4-,5+,6-/m1/s1. The predicted molar refractivity (Wildman–Crippen MR) is 46.4 cm³/mol. The second-order valence-corrected chi connectivity index (χ2v) is 4.27. The van der Waals surface area contributed by atoms with Crippen LogP contribution in [0.3, 0.4) is 0 Å². The van der Waals surface area contributed by atoms with Gasteiger partial charge in [-0.05, 0) is 0 Å². The first kappa shape index (κ1) is 13.7. The van der Waals surface area contributed by atoms with Crippen LogP contribution in [0.1, 0.15) is 0 Å². The Morgan fingerprint density at radius 1 is 1.19 bits per heavy atom. The molecule has 1 heterocycles. The smallest absolute Gasteiger partial charge is 0.394 e. The molecule has 0 unspecified atom stereocenters. The van der Waals surface area contributed by atoms with Gasteiger partial charge in [0, 0.05) is 0 Å². The highest BCUT2D eigenvalue weighted by Crippen LogP contribution is 2.23. The van der Waals surface area contributed by atoms with Crippen LogP contribution in [0.15, 0.2) is 0 Å². The van der Waals surface area contributed by atoms with Crippen LogP contribution in [-0.4, -0.2) is 70.7 Å². The van der Waals surface area contributed by atoms with Gasteiger partial charge in [0.15, 0.2) is 6.29 Å². The zero-order valence-electron chi connectivity index (χ0n) is 7.87. The van der Waals surface area contributed by atoms with Crippen LogP contribution in [0, 0.1) is 0 Å². The number of hydrogen-bond donors (Lipinski definition) is 5. The van der Waals surface area contributed by atoms with Crippen molar-refractivity contribution in [3.63, 3.8) is 0 Å². The van der Waals surface area contributed by atoms with Gasteiger partial charge in [-0.2, -0.15) is 8.42 Å². The Hall–Kier alpha value is -0.330. The molecule has 0 bridgehead atoms. The first-order valence-corrected chi connectivity index (χ1v) is 5.59. The van der Waals surface area contributed by atoms with Gasteiger partial charge >= 0.3 is 10.4 Å². The largest absolute Gasteiger partial charge is 0.397 e. The maximum atomic E-state index is 10.4. The van der Waals surface area contributed by atoms with E-state index in [1.54, 1.807) is 0 Å². The van der Waals surface area contributed by atoms with E-state index in [2.05, 4.69) is 8.92 Å². The number of rotatable bonds is 3. The summed E-state index contributed by atoms with van der Waals surface area (Å²) in [6.07, 6.45) is -8.53. The highest BCUT2D eigenvalue weighted by Gasteiger charge is 2.46. The van der Waals surface area contributed by atoms with Gasteiger partial charge < -0.3 is 25.2 Å². The molecule has 1 fully saturated rings. The number of aliphatic hydroxyl groups is 4. The molecule has 5 atom stereocenters. The molecule has 0 amide bonds. The average Bonchev–Trinajstić information content (AvgIpc) is 2.17. The van der Waals surface area contributed by atoms with E-state index in [1.165, 1.54) is 0 Å². The first-order chi connectivity index (χ1) is 7.26. The minimum atomic E-state index is -4.88. The van der Waals surface area contributed by atoms with E-state index < -0.39 is 47.7 Å². The number of aliphatic hydroxyl groups excluding tert-OH is 4. The summed E-state index contributed by atoms with van der Waals surface area (Å²) >= 11 is 0. The summed E-state index contributed by atoms with van der Waals surface area (Å²) in [6.45, 7) is -0.777. The van der Waals surface area contributed by atoms with Gasteiger partial charge in [-0.15, -0.1) is 0 Å². The monoisotopic (exact) mass is 260 g/mol. The maximum absolute atomic E-state index is 10.4. The quantitative estimate of drug-likeness (QED) is 0.327. The Morgan fingerprint density at radius 2 is 1.75 bits per heavy atom. The molecule has 0 saturated carbocycles. The Kier molecular flexibility index (Phi) is 4.20. The van der Waals surface area contributed by atoms with E-state index in [4.69, 9.17) is 19.9 Å². The van der Waals surface area contributed by atoms with Crippen molar-refractivity contribution in [2.24, 2.45) is 0 Å². The van der Waals surface area contributed by atoms with Crippen molar-refractivity contribution in [3.05, 3.63) is 0 Å². The fraction of sp³-hybridized carbons (Fsp3) is 1.00. The van der Waals surface area contributed by atoms with Gasteiger partial charge in [-0.25, -0.2) is 4.18 Å². The molecular weight excluding hydrogens is 248 g/mol. The summed E-state index contributed by atoms with van der Waals surface area (Å²) in [4.78, 5) is 0. The molecule has 9 nitrogen and oxygen atoms in total. The van der Waals surface area contributed by atoms with Crippen molar-refractivity contribution in [2.45, 2.75) is 30.7 Å². The Morgan fingerprint density at radius 3 is 2.19 bits per heavy atom. The van der Waals surface area contributed by atoms with E-state index in [0.29, 0.717) is 0 Å². The second-order valence-electron chi connectivity index (χ2n) is 3.22. The minimum Gasteiger partial charge on any atom is -0.394 e. The van der Waals surface area contributed by atoms with Gasteiger partial charge in [0.2, 0.25) is 0 Å². The highest BCUT2D eigenvalue weighted by molar-refractivity contribution is 7.80. The molecule has 10 heteroatoms. The lowest BCUT2D eigenvalue weighted by atomic mass is 9.99. The normalized spacial score (nSPS) is 40.9. The average molecular weight is 260 g/mol. The Labute approximate surface area is 90.8 Å². The van der Waals surface area contributed by atoms with Gasteiger partial charge in [-0.1, -0.05) is 0 Å². The van der Waals surface area contributed by atoms with E-state index >= 15 is 0 Å². The second kappa shape index (κ2) is 4.89. The van der Waals surface area contributed by atoms with Crippen LogP contribution < -0.4 is 0 Å². The van der Waals surface area contributed by atoms with Crippen molar-refractivity contribution in [1.82, 2.24) is 0 Å². The van der Waals surface area contributed by atoms with E-state index in [1.807, 2.05) is 0 Å². The van der Waals surface area contributed by atoms with Crippen LogP contribution in [0.4, 0.5) is 0 Å². The van der Waals surface area contributed by atoms with Crippen molar-refractivity contribution in [2.75, 3.05) is 6.61 Å². The van der Waals surface area contributed by atoms with Crippen LogP contribution in [0.5, 0.6) is 0 Å². The molecule has 0 radical (unpaired) electrons. The van der Waals surface area contributed by atoms with Gasteiger partial charge in [0.25, 0.3) is 0 Å². The molecule has 0 aromatic heterocycles. The number of ether oxygens (including phenoxy) is 1. The van der Waals surface area contributed by atoms with Crippen LogP contribution in [-0.2, 0) is 19.3 Å². The lowest BCUT2D eigenvalue weighted by Gasteiger charge is -2.38. The van der Waals surface area contributed by atoms with Crippen LogP contribution in [0.2, 0.25) is 0 Å². The molecule has 0 spiro atoms. The molecular formula is C6H12O9S. The molecule has 1 aliphatic heterocycles. The lowest BCUT2D eigenvalue weighted by molar-refractivity contribution is -0.282. The molecule has 5 N–H and O–H groups in total. The van der Waals surface area contributed by atoms with Crippen molar-refractivity contribution >= 4 is 10.4 Å². The summed E-state index contributed by atoms with van der Waals surface area (Å²) in [5.74, 6) is 0. The Balaban J connectivity index is 2.85. The third-order valence-corrected chi connectivity index (χ3v) is 2.54. The molecule has 0 aliphatic carbocycles. The molecule has 1 rings (SSSR count). The molecule has 1 saturated heterocycles. The summed E-state index contributed by atoms with van der Waals surface area (Å²) in [5, 5.41) is 36.4. The molecule has 16 heavy (non-hydrogen) atoms. The zero-order valence-corrected chi connectivity index (χ0v) is 8.69. The molecule has 0 aromatic carbocycles. The molecule has 0 aromatic rings. The van der Waals surface area contributed by atoms with Gasteiger partial charge in [-0.3, -0.25) is 4.55 Å². The highest BCUT2D eigenvalue weighted by atomic mass is 32.3. The molecule has 96 valence electrons. The third kappa shape index (κ3) is 3.09. The fourth-order valence-electron chi connectivity index (χ4n) is 1.33. The third-order valence-electron chi connectivity index (χ3n) is 2.07. The summed E-state index contributed by atoms with van der Waals surface area (Å²) in [6, 6.07) is 0. The first-order valence-electron chi connectivity index (χ1n) is 4.22. The van der Waals surface area contributed by atoms with E-state index in [-0.39, 0.29) is 0 Å². The summed E-state index contributed by atoms with van der Waals surface area (Å²) in [5.41, 5.74) is 0. The summed E-state index contributed by atoms with van der Waals surface area (Å²) in [7, 11) is -4.88. The Bertz CT molecular complexity index is 325. The van der Waals surface area contributed by atoms with Crippen LogP contribution in [0.25, 0.3) is 0 Å². The molecule has 1 aliphatic rings. The van der Waals surface area contributed by atoms with Crippen LogP contribution >= 0.6 is 0 Å². The summed E-state index contributed by atoms with van der Waals surface area (Å²) < 4.78 is 37.9. The van der Waals surface area contributed by atoms with E-state index in [9.17, 15) is 13.5 Å². The maximum Gasteiger partial charge on any atom is 0.397 e. The SMILES string of the molecule is O=S(=O)(O)O[C@@H]1[C@H](O)[C@@H](O)[C@H](O)O[C@@H]1CO. The number of hydrogen-bond acceptors (Lipinski definition) is 8. The predicted octanol–water partition coefficient (Wildman–Crippen LogP) is -3.39. The topological polar surface area (TPSA) is 154 Å². The minimum absolute atomic E-state index is 0.777. The zero-order chi connectivity index (χ0) is 12.5. The van der Waals surface area contributed by atoms with E-state index in [0.717, 1.165) is 0 Å². The van der Waals surface area contributed by atoms with Gasteiger partial charge in [0.1, 0.15) is 24.4 Å². The van der Waals surface area contributed by atoms with Crippen molar-refractivity contribution in [3.8, 4) is 0 Å².